The van der Waals surface area contributed by atoms with Gasteiger partial charge < -0.3 is 19.7 Å². The second kappa shape index (κ2) is 13.1. The molecule has 0 radical (unpaired) electrons. The molecule has 3 aromatic rings. The Labute approximate surface area is 272 Å². The lowest BCUT2D eigenvalue weighted by Gasteiger charge is -2.52. The summed E-state index contributed by atoms with van der Waals surface area (Å²) in [6.07, 6.45) is 0.471. The maximum atomic E-state index is 14.5. The summed E-state index contributed by atoms with van der Waals surface area (Å²) in [6.45, 7) is 1.87. The first-order valence-corrected chi connectivity index (χ1v) is 16.2. The number of rotatable bonds is 8. The van der Waals surface area contributed by atoms with Crippen molar-refractivity contribution in [3.8, 4) is 0 Å². The molecule has 47 heavy (non-hydrogen) atoms. The van der Waals surface area contributed by atoms with Crippen LogP contribution in [0.2, 0.25) is 0 Å². The number of nitrogens with one attached hydrogen (secondary N) is 1. The van der Waals surface area contributed by atoms with Crippen LogP contribution in [0.15, 0.2) is 78.5 Å². The first kappa shape index (κ1) is 32.7. The van der Waals surface area contributed by atoms with Crippen LogP contribution >= 0.6 is 0 Å². The Morgan fingerprint density at radius 3 is 2.51 bits per heavy atom. The number of nitrogens with zero attached hydrogens (tertiary/aromatic N) is 1. The molecule has 10 heteroatoms. The fourth-order valence-electron chi connectivity index (χ4n) is 7.67. The minimum Gasteiger partial charge on any atom is -0.468 e. The van der Waals surface area contributed by atoms with Gasteiger partial charge in [-0.05, 0) is 72.2 Å². The Morgan fingerprint density at radius 1 is 1.04 bits per heavy atom. The van der Waals surface area contributed by atoms with E-state index < -0.39 is 41.1 Å². The van der Waals surface area contributed by atoms with Gasteiger partial charge in [-0.25, -0.2) is 0 Å². The summed E-state index contributed by atoms with van der Waals surface area (Å²) >= 11 is 0. The Kier molecular flexibility index (Phi) is 9.16. The first-order chi connectivity index (χ1) is 22.5. The van der Waals surface area contributed by atoms with E-state index in [0.717, 1.165) is 54.2 Å². The van der Waals surface area contributed by atoms with Crippen molar-refractivity contribution >= 4 is 28.6 Å². The van der Waals surface area contributed by atoms with Gasteiger partial charge in [-0.2, -0.15) is 13.2 Å². The Hall–Kier alpha value is -4.18. The molecule has 0 bridgehead atoms. The van der Waals surface area contributed by atoms with Gasteiger partial charge in [0.05, 0.1) is 31.4 Å². The molecule has 2 aliphatic heterocycles. The summed E-state index contributed by atoms with van der Waals surface area (Å²) in [5, 5.41) is 4.66. The van der Waals surface area contributed by atoms with Crippen molar-refractivity contribution in [1.29, 1.82) is 0 Å². The van der Waals surface area contributed by atoms with Crippen molar-refractivity contribution in [1.82, 2.24) is 10.2 Å². The van der Waals surface area contributed by atoms with E-state index in [4.69, 9.17) is 9.47 Å². The van der Waals surface area contributed by atoms with E-state index in [1.165, 1.54) is 19.2 Å². The molecule has 0 unspecified atom stereocenters. The smallest absolute Gasteiger partial charge is 0.416 e. The van der Waals surface area contributed by atoms with Crippen LogP contribution in [0.3, 0.4) is 0 Å². The van der Waals surface area contributed by atoms with Gasteiger partial charge in [-0.15, -0.1) is 0 Å². The van der Waals surface area contributed by atoms with E-state index in [9.17, 15) is 27.6 Å². The second-order valence-corrected chi connectivity index (χ2v) is 12.9. The maximum Gasteiger partial charge on any atom is 0.416 e. The molecule has 7 nitrogen and oxygen atoms in total. The van der Waals surface area contributed by atoms with Gasteiger partial charge in [0.1, 0.15) is 5.41 Å². The summed E-state index contributed by atoms with van der Waals surface area (Å²) in [6, 6.07) is 18.5. The van der Waals surface area contributed by atoms with Crippen LogP contribution in [0.1, 0.15) is 62.1 Å². The molecule has 0 aromatic heterocycles. The zero-order valence-corrected chi connectivity index (χ0v) is 26.5. The molecule has 0 spiro atoms. The molecule has 4 atom stereocenters. The number of hydrogen-bond acceptors (Lipinski definition) is 5. The highest BCUT2D eigenvalue weighted by Crippen LogP contribution is 2.52. The third-order valence-corrected chi connectivity index (χ3v) is 10.1. The van der Waals surface area contributed by atoms with Gasteiger partial charge in [0, 0.05) is 24.6 Å². The van der Waals surface area contributed by atoms with Gasteiger partial charge in [-0.3, -0.25) is 14.4 Å². The largest absolute Gasteiger partial charge is 0.468 e. The van der Waals surface area contributed by atoms with Crippen LogP contribution in [0.5, 0.6) is 0 Å². The Balaban J connectivity index is 1.34. The van der Waals surface area contributed by atoms with Crippen molar-refractivity contribution < 1.29 is 37.0 Å². The highest BCUT2D eigenvalue weighted by Gasteiger charge is 2.60. The lowest BCUT2D eigenvalue weighted by atomic mass is 9.66. The molecular formula is C37H39F3N2O5. The molecule has 1 aliphatic carbocycles. The molecule has 3 aromatic carbocycles. The number of likely N-dealkylation sites (tertiary alicyclic amines) is 1. The number of ether oxygens (including phenoxy) is 2. The van der Waals surface area contributed by atoms with E-state index in [2.05, 4.69) is 5.32 Å². The number of methoxy groups -OCH3 is 1. The quantitative estimate of drug-likeness (QED) is 0.268. The molecule has 2 amide bonds. The number of amides is 2. The number of fused-ring (bicyclic) bond motifs is 2. The van der Waals surface area contributed by atoms with Crippen molar-refractivity contribution in [2.24, 2.45) is 17.3 Å². The summed E-state index contributed by atoms with van der Waals surface area (Å²) in [5.74, 6) is -1.97. The molecule has 1 saturated carbocycles. The van der Waals surface area contributed by atoms with E-state index in [1.54, 1.807) is 4.90 Å². The highest BCUT2D eigenvalue weighted by molar-refractivity contribution is 5.93. The number of halogens is 3. The molecule has 3 aliphatic rings. The number of alkyl halides is 3. The fraction of sp³-hybridized carbons (Fsp3) is 0.432. The first-order valence-electron chi connectivity index (χ1n) is 16.2. The third-order valence-electron chi connectivity index (χ3n) is 10.1. The summed E-state index contributed by atoms with van der Waals surface area (Å²) in [5.41, 5.74) is -0.420. The van der Waals surface area contributed by atoms with Crippen molar-refractivity contribution in [3.05, 3.63) is 95.2 Å². The average molecular weight is 649 g/mol. The SMILES string of the molecule is COC(=O)[C@]12C[C@H](CC(=O)NCc3cccc(C(F)(F)F)c3)C(=O)N(Cc3cccc4ccccc34)C1=C[C@H](C1CCCC1)O[C@@H]2C. The maximum absolute atomic E-state index is 14.5. The number of esters is 1. The van der Waals surface area contributed by atoms with E-state index in [-0.39, 0.29) is 49.4 Å². The number of piperidine rings is 1. The third kappa shape index (κ3) is 6.40. The lowest BCUT2D eigenvalue weighted by molar-refractivity contribution is -0.178. The topological polar surface area (TPSA) is 84.9 Å². The fourth-order valence-corrected chi connectivity index (χ4v) is 7.67. The molecule has 2 heterocycles. The summed E-state index contributed by atoms with van der Waals surface area (Å²) < 4.78 is 51.6. The number of carbonyl (C=O) groups is 3. The van der Waals surface area contributed by atoms with Crippen LogP contribution in [-0.2, 0) is 43.1 Å². The lowest BCUT2D eigenvalue weighted by Crippen LogP contribution is -2.60. The highest BCUT2D eigenvalue weighted by atomic mass is 19.4. The van der Waals surface area contributed by atoms with Gasteiger partial charge in [0.25, 0.3) is 0 Å². The van der Waals surface area contributed by atoms with E-state index >= 15 is 0 Å². The van der Waals surface area contributed by atoms with Crippen LogP contribution in [0.25, 0.3) is 10.8 Å². The minimum absolute atomic E-state index is 0.00586. The monoisotopic (exact) mass is 648 g/mol. The van der Waals surface area contributed by atoms with Crippen LogP contribution in [0.4, 0.5) is 13.2 Å². The van der Waals surface area contributed by atoms with Crippen molar-refractivity contribution in [2.45, 2.75) is 76.9 Å². The zero-order chi connectivity index (χ0) is 33.3. The van der Waals surface area contributed by atoms with Crippen molar-refractivity contribution in [2.75, 3.05) is 7.11 Å². The number of hydrogen-bond donors (Lipinski definition) is 1. The van der Waals surface area contributed by atoms with E-state index in [0.29, 0.717) is 5.70 Å². The Bertz CT molecular complexity index is 1690. The van der Waals surface area contributed by atoms with Gasteiger partial charge in [0.15, 0.2) is 0 Å². The number of benzene rings is 3. The summed E-state index contributed by atoms with van der Waals surface area (Å²) in [7, 11) is 1.31. The van der Waals surface area contributed by atoms with Crippen molar-refractivity contribution in [3.63, 3.8) is 0 Å². The predicted molar refractivity (Wildman–Crippen MR) is 169 cm³/mol. The molecular weight excluding hydrogens is 609 g/mol. The molecule has 248 valence electrons. The standard InChI is InChI=1S/C37H39F3N2O5/c1-23-36(35(45)46-2)20-28(18-33(43)41-21-24-9-7-15-29(17-24)37(38,39)40)34(44)42(32(36)19-31(47-23)26-11-3-4-12-26)22-27-14-8-13-25-10-5-6-16-30(25)27/h5-10,13-17,19,23,26,28,31H,3-4,11-12,18,20-22H2,1-2H3,(H,41,43)/t23-,28+,31-,36+/m1/s1. The molecule has 1 saturated heterocycles. The number of carbonyl (C=O) groups excluding carboxylic acids is 3. The molecule has 2 fully saturated rings. The minimum atomic E-state index is -4.51. The molecule has 6 rings (SSSR count). The van der Waals surface area contributed by atoms with Crippen LogP contribution in [-0.4, -0.2) is 42.0 Å². The van der Waals surface area contributed by atoms with E-state index in [1.807, 2.05) is 55.5 Å². The average Bonchev–Trinajstić information content (AvgIpc) is 3.61. The van der Waals surface area contributed by atoms with Gasteiger partial charge >= 0.3 is 12.1 Å². The van der Waals surface area contributed by atoms with Gasteiger partial charge in [0.2, 0.25) is 11.8 Å². The molecule has 1 N–H and O–H groups in total. The van der Waals surface area contributed by atoms with Crippen LogP contribution in [0, 0.1) is 17.3 Å². The normalized spacial score (nSPS) is 25.0. The second-order valence-electron chi connectivity index (χ2n) is 12.9. The summed E-state index contributed by atoms with van der Waals surface area (Å²) in [4.78, 5) is 43.3. The Morgan fingerprint density at radius 2 is 1.77 bits per heavy atom. The zero-order valence-electron chi connectivity index (χ0n) is 26.5. The van der Waals surface area contributed by atoms with Crippen LogP contribution < -0.4 is 5.32 Å². The predicted octanol–water partition coefficient (Wildman–Crippen LogP) is 6.93. The van der Waals surface area contributed by atoms with Gasteiger partial charge in [-0.1, -0.05) is 67.4 Å².